The Morgan fingerprint density at radius 1 is 0.913 bits per heavy atom. The van der Waals surface area contributed by atoms with Crippen molar-refractivity contribution in [3.8, 4) is 5.75 Å². The molecule has 1 fully saturated rings. The number of unbranched alkanes of at least 4 members (excludes halogenated alkanes) is 2. The number of phenolic OH excluding ortho intramolecular Hbond substituents is 1. The van der Waals surface area contributed by atoms with Crippen molar-refractivity contribution < 1.29 is 34.2 Å². The topological polar surface area (TPSA) is 200 Å². The zero-order valence-electron chi connectivity index (χ0n) is 27.5. The number of aryl methyl sites for hydroxylation is 2. The number of nitrogens with two attached hydrogens (primary N) is 1. The minimum Gasteiger partial charge on any atom is -0.508 e. The third kappa shape index (κ3) is 14.4. The summed E-state index contributed by atoms with van der Waals surface area (Å²) in [5.41, 5.74) is 8.70. The van der Waals surface area contributed by atoms with Crippen LogP contribution >= 0.6 is 11.8 Å². The highest BCUT2D eigenvalue weighted by Crippen LogP contribution is 2.27. The Kier molecular flexibility index (Phi) is 17.5. The van der Waals surface area contributed by atoms with Crippen molar-refractivity contribution >= 4 is 41.4 Å². The number of phenols is 1. The van der Waals surface area contributed by atoms with E-state index in [0.29, 0.717) is 50.3 Å². The Labute approximate surface area is 276 Å². The maximum Gasteiger partial charge on any atom is 0.303 e. The molecule has 12 nitrogen and oxygen atoms in total. The van der Waals surface area contributed by atoms with Crippen molar-refractivity contribution in [2.45, 2.75) is 109 Å². The number of thioether (sulfide) groups is 1. The van der Waals surface area contributed by atoms with Gasteiger partial charge in [-0.25, -0.2) is 0 Å². The molecule has 0 unspecified atom stereocenters. The van der Waals surface area contributed by atoms with Crippen molar-refractivity contribution in [3.05, 3.63) is 28.8 Å². The van der Waals surface area contributed by atoms with E-state index in [1.165, 1.54) is 11.8 Å². The summed E-state index contributed by atoms with van der Waals surface area (Å²) in [7, 11) is 0. The molecule has 1 aliphatic carbocycles. The molecule has 1 aromatic rings. The van der Waals surface area contributed by atoms with E-state index >= 15 is 0 Å². The zero-order valence-corrected chi connectivity index (χ0v) is 28.3. The summed E-state index contributed by atoms with van der Waals surface area (Å²) >= 11 is 1.52. The van der Waals surface area contributed by atoms with Gasteiger partial charge in [-0.2, -0.15) is 11.8 Å². The molecule has 2 rings (SSSR count). The Morgan fingerprint density at radius 3 is 2.20 bits per heavy atom. The number of aromatic hydroxyl groups is 1. The van der Waals surface area contributed by atoms with Gasteiger partial charge < -0.3 is 37.2 Å². The Morgan fingerprint density at radius 2 is 1.57 bits per heavy atom. The van der Waals surface area contributed by atoms with Gasteiger partial charge in [0.1, 0.15) is 17.8 Å². The van der Waals surface area contributed by atoms with E-state index in [4.69, 9.17) is 10.8 Å². The Hall–Kier alpha value is -3.32. The van der Waals surface area contributed by atoms with Gasteiger partial charge in [-0.15, -0.1) is 0 Å². The summed E-state index contributed by atoms with van der Waals surface area (Å²) in [6.07, 6.45) is 10.2. The van der Waals surface area contributed by atoms with Crippen molar-refractivity contribution in [1.82, 2.24) is 21.3 Å². The largest absolute Gasteiger partial charge is 0.508 e. The van der Waals surface area contributed by atoms with Crippen LogP contribution < -0.4 is 27.0 Å². The second-order valence-electron chi connectivity index (χ2n) is 12.3. The zero-order chi connectivity index (χ0) is 34.1. The van der Waals surface area contributed by atoms with E-state index in [9.17, 15) is 29.1 Å². The van der Waals surface area contributed by atoms with Crippen LogP contribution in [0.15, 0.2) is 12.1 Å². The number of carboxylic acid groups (broad SMARTS) is 1. The van der Waals surface area contributed by atoms with Crippen molar-refractivity contribution in [2.75, 3.05) is 25.1 Å². The highest BCUT2D eigenvalue weighted by Gasteiger charge is 2.28. The van der Waals surface area contributed by atoms with Gasteiger partial charge in [0.2, 0.25) is 23.6 Å². The van der Waals surface area contributed by atoms with E-state index in [2.05, 4.69) is 21.3 Å². The average Bonchev–Trinajstić information content (AvgIpc) is 3.01. The molecule has 1 aromatic carbocycles. The number of carbonyl (C=O) groups excluding carboxylic acids is 4. The van der Waals surface area contributed by atoms with Crippen LogP contribution in [0.3, 0.4) is 0 Å². The summed E-state index contributed by atoms with van der Waals surface area (Å²) < 4.78 is 0. The summed E-state index contributed by atoms with van der Waals surface area (Å²) in [6.45, 7) is 3.70. The van der Waals surface area contributed by atoms with Crippen LogP contribution in [0, 0.1) is 19.8 Å². The average molecular weight is 664 g/mol. The van der Waals surface area contributed by atoms with Crippen LogP contribution in [0.2, 0.25) is 0 Å². The second kappa shape index (κ2) is 20.7. The molecule has 13 heteroatoms. The lowest BCUT2D eigenvalue weighted by Crippen LogP contribution is -2.54. The van der Waals surface area contributed by atoms with Crippen molar-refractivity contribution in [3.63, 3.8) is 0 Å². The fourth-order valence-electron chi connectivity index (χ4n) is 5.82. The van der Waals surface area contributed by atoms with Gasteiger partial charge in [0.15, 0.2) is 0 Å². The van der Waals surface area contributed by atoms with Crippen LogP contribution in [-0.2, 0) is 30.4 Å². The highest BCUT2D eigenvalue weighted by molar-refractivity contribution is 7.98. The smallest absolute Gasteiger partial charge is 0.303 e. The van der Waals surface area contributed by atoms with E-state index in [0.717, 1.165) is 48.8 Å². The predicted octanol–water partition coefficient (Wildman–Crippen LogP) is 2.45. The number of hydrogen-bond acceptors (Lipinski definition) is 8. The molecule has 0 bridgehead atoms. The Bertz CT molecular complexity index is 1150. The number of carbonyl (C=O) groups is 5. The van der Waals surface area contributed by atoms with E-state index < -0.39 is 41.8 Å². The fraction of sp³-hybridized carbons (Fsp3) is 0.667. The van der Waals surface area contributed by atoms with Gasteiger partial charge in [0.25, 0.3) is 0 Å². The van der Waals surface area contributed by atoms with Gasteiger partial charge in [-0.1, -0.05) is 38.5 Å². The molecule has 0 aliphatic heterocycles. The molecule has 1 saturated carbocycles. The summed E-state index contributed by atoms with van der Waals surface area (Å²) in [5.74, 6) is -1.60. The first-order valence-corrected chi connectivity index (χ1v) is 17.7. The molecule has 258 valence electrons. The number of hydrogen-bond donors (Lipinski definition) is 7. The minimum absolute atomic E-state index is 0.0911. The molecule has 0 heterocycles. The van der Waals surface area contributed by atoms with Gasteiger partial charge in [0, 0.05) is 13.0 Å². The summed E-state index contributed by atoms with van der Waals surface area (Å²) in [5, 5.41) is 29.6. The van der Waals surface area contributed by atoms with Crippen LogP contribution in [-0.4, -0.2) is 83.0 Å². The highest BCUT2D eigenvalue weighted by atomic mass is 32.2. The summed E-state index contributed by atoms with van der Waals surface area (Å²) in [6, 6.07) is 0.653. The minimum atomic E-state index is -0.925. The summed E-state index contributed by atoms with van der Waals surface area (Å²) in [4.78, 5) is 62.8. The third-order valence-electron chi connectivity index (χ3n) is 8.42. The van der Waals surface area contributed by atoms with E-state index in [1.54, 1.807) is 12.1 Å². The Balaban J connectivity index is 1.95. The number of aliphatic carboxylic acids is 1. The normalized spacial score (nSPS) is 15.3. The molecule has 0 saturated heterocycles. The van der Waals surface area contributed by atoms with Gasteiger partial charge in [-0.3, -0.25) is 24.0 Å². The SMILES string of the molecule is CSCC[C@@H](NC(=O)[C@@H](N)Cc1c(C)cc(O)cc1C)C(=O)NCC(=O)N[C@@H](CC1CCCCC1)C(=O)NCCCCCC(=O)O. The third-order valence-corrected chi connectivity index (χ3v) is 9.06. The van der Waals surface area contributed by atoms with Crippen LogP contribution in [0.4, 0.5) is 0 Å². The number of carboxylic acids is 1. The fourth-order valence-corrected chi connectivity index (χ4v) is 6.30. The van der Waals surface area contributed by atoms with Gasteiger partial charge >= 0.3 is 5.97 Å². The number of amides is 4. The maximum absolute atomic E-state index is 13.1. The lowest BCUT2D eigenvalue weighted by atomic mass is 9.84. The van der Waals surface area contributed by atoms with Crippen LogP contribution in [0.5, 0.6) is 5.75 Å². The molecular formula is C33H53N5O7S. The van der Waals surface area contributed by atoms with Crippen LogP contribution in [0.1, 0.15) is 87.3 Å². The number of rotatable bonds is 20. The lowest BCUT2D eigenvalue weighted by molar-refractivity contribution is -0.137. The molecule has 8 N–H and O–H groups in total. The molecule has 0 aromatic heterocycles. The predicted molar refractivity (Wildman–Crippen MR) is 179 cm³/mol. The second-order valence-corrected chi connectivity index (χ2v) is 13.3. The molecule has 1 aliphatic rings. The monoisotopic (exact) mass is 663 g/mol. The van der Waals surface area contributed by atoms with Crippen molar-refractivity contribution in [2.24, 2.45) is 11.7 Å². The first-order chi connectivity index (χ1) is 21.9. The first kappa shape index (κ1) is 38.9. The van der Waals surface area contributed by atoms with E-state index in [1.807, 2.05) is 20.1 Å². The lowest BCUT2D eigenvalue weighted by Gasteiger charge is -2.27. The standard InChI is InChI=1S/C33H53N5O7S/c1-21-16-24(39)17-22(2)25(21)19-26(34)31(43)38-27(13-15-46-3)32(44)36-20-29(40)37-28(18-23-10-6-4-7-11-23)33(45)35-14-9-5-8-12-30(41)42/h16-17,23,26-28,39H,4-15,18-20,34H2,1-3H3,(H,35,45)(H,36,44)(H,37,40)(H,38,43)(H,41,42)/t26-,27+,28-/m0/s1. The van der Waals surface area contributed by atoms with Crippen LogP contribution in [0.25, 0.3) is 0 Å². The maximum atomic E-state index is 13.1. The quantitative estimate of drug-likeness (QED) is 0.102. The van der Waals surface area contributed by atoms with Gasteiger partial charge in [-0.05, 0) is 92.7 Å². The number of nitrogens with one attached hydrogen (secondary N) is 4. The molecule has 46 heavy (non-hydrogen) atoms. The molecular weight excluding hydrogens is 610 g/mol. The first-order valence-electron chi connectivity index (χ1n) is 16.3. The van der Waals surface area contributed by atoms with Gasteiger partial charge in [0.05, 0.1) is 12.6 Å². The van der Waals surface area contributed by atoms with Crippen molar-refractivity contribution in [1.29, 1.82) is 0 Å². The molecule has 3 atom stereocenters. The molecule has 0 spiro atoms. The molecule has 0 radical (unpaired) electrons. The molecule has 4 amide bonds. The van der Waals surface area contributed by atoms with E-state index in [-0.39, 0.29) is 31.0 Å². The number of benzene rings is 1.